The second-order valence-electron chi connectivity index (χ2n) is 3.57. The summed E-state index contributed by atoms with van der Waals surface area (Å²) < 4.78 is 14.3. The molecule has 0 N–H and O–H groups in total. The summed E-state index contributed by atoms with van der Waals surface area (Å²) in [5, 5.41) is 0. The van der Waals surface area contributed by atoms with E-state index < -0.39 is 0 Å². The molecule has 0 bridgehead atoms. The molecule has 0 atom stereocenters. The third-order valence-electron chi connectivity index (χ3n) is 2.37. The van der Waals surface area contributed by atoms with Gasteiger partial charge in [-0.1, -0.05) is 0 Å². The minimum Gasteiger partial charge on any atom is -0.350 e. The Morgan fingerprint density at radius 1 is 1.60 bits per heavy atom. The van der Waals surface area contributed by atoms with Crippen LogP contribution in [-0.4, -0.2) is 23.5 Å². The van der Waals surface area contributed by atoms with Crippen LogP contribution in [0.1, 0.15) is 12.8 Å². The van der Waals surface area contributed by atoms with Crippen LogP contribution in [-0.2, 0) is 0 Å². The highest BCUT2D eigenvalue weighted by Gasteiger charge is 2.31. The fraction of sp³-hybridized carbons (Fsp3) is 0.500. The molecular formula is C10H11BrClFN2. The summed E-state index contributed by atoms with van der Waals surface area (Å²) in [6.07, 6.45) is 3.82. The third kappa shape index (κ3) is 2.61. The fourth-order valence-electron chi connectivity index (χ4n) is 1.56. The van der Waals surface area contributed by atoms with Gasteiger partial charge in [-0.15, -0.1) is 11.6 Å². The van der Waals surface area contributed by atoms with Crippen LogP contribution in [0.3, 0.4) is 0 Å². The standard InChI is InChI=1S/C10H11BrClFN2/c11-7-5-9(13)10(14-6-7)15(4-3-12)8-1-2-8/h5-6,8H,1-4H2. The van der Waals surface area contributed by atoms with E-state index in [0.717, 1.165) is 12.8 Å². The molecule has 0 radical (unpaired) electrons. The van der Waals surface area contributed by atoms with Crippen LogP contribution in [0.5, 0.6) is 0 Å². The first-order valence-electron chi connectivity index (χ1n) is 4.86. The van der Waals surface area contributed by atoms with Crippen molar-refractivity contribution in [3.8, 4) is 0 Å². The van der Waals surface area contributed by atoms with Crippen molar-refractivity contribution in [2.45, 2.75) is 18.9 Å². The average molecular weight is 294 g/mol. The van der Waals surface area contributed by atoms with Crippen molar-refractivity contribution in [1.29, 1.82) is 0 Å². The summed E-state index contributed by atoms with van der Waals surface area (Å²) in [7, 11) is 0. The molecule has 0 unspecified atom stereocenters. The molecule has 2 rings (SSSR count). The number of aromatic nitrogens is 1. The largest absolute Gasteiger partial charge is 0.350 e. The summed E-state index contributed by atoms with van der Waals surface area (Å²) in [6, 6.07) is 1.86. The van der Waals surface area contributed by atoms with Crippen molar-refractivity contribution in [3.05, 3.63) is 22.6 Å². The maximum absolute atomic E-state index is 13.6. The Balaban J connectivity index is 2.24. The van der Waals surface area contributed by atoms with Crippen LogP contribution in [0, 0.1) is 5.82 Å². The van der Waals surface area contributed by atoms with Crippen LogP contribution in [0.25, 0.3) is 0 Å². The summed E-state index contributed by atoms with van der Waals surface area (Å²) in [4.78, 5) is 6.06. The van der Waals surface area contributed by atoms with Crippen LogP contribution >= 0.6 is 27.5 Å². The first kappa shape index (κ1) is 11.1. The van der Waals surface area contributed by atoms with Crippen LogP contribution in [0.4, 0.5) is 10.2 Å². The molecule has 1 saturated carbocycles. The Labute approximate surface area is 102 Å². The molecule has 0 saturated heterocycles. The molecule has 1 heterocycles. The van der Waals surface area contributed by atoms with Gasteiger partial charge in [-0.25, -0.2) is 9.37 Å². The molecule has 1 aromatic heterocycles. The minimum absolute atomic E-state index is 0.290. The van der Waals surface area contributed by atoms with Gasteiger partial charge in [0, 0.05) is 29.1 Å². The Morgan fingerprint density at radius 2 is 2.33 bits per heavy atom. The minimum atomic E-state index is -0.290. The molecule has 1 aliphatic rings. The quantitative estimate of drug-likeness (QED) is 0.793. The number of hydrogen-bond donors (Lipinski definition) is 0. The lowest BCUT2D eigenvalue weighted by molar-refractivity contribution is 0.608. The van der Waals surface area contributed by atoms with E-state index in [9.17, 15) is 4.39 Å². The second kappa shape index (κ2) is 4.66. The summed E-state index contributed by atoms with van der Waals surface area (Å²) in [5.41, 5.74) is 0. The smallest absolute Gasteiger partial charge is 0.166 e. The van der Waals surface area contributed by atoms with Gasteiger partial charge in [-0.2, -0.15) is 0 Å². The van der Waals surface area contributed by atoms with Gasteiger partial charge >= 0.3 is 0 Å². The molecule has 2 nitrogen and oxygen atoms in total. The molecule has 0 aliphatic heterocycles. The Kier molecular flexibility index (Phi) is 3.46. The molecule has 15 heavy (non-hydrogen) atoms. The number of nitrogens with zero attached hydrogens (tertiary/aromatic N) is 2. The van der Waals surface area contributed by atoms with E-state index in [0.29, 0.717) is 28.8 Å². The van der Waals surface area contributed by atoms with Gasteiger partial charge in [-0.05, 0) is 34.8 Å². The van der Waals surface area contributed by atoms with Crippen LogP contribution in [0.2, 0.25) is 0 Å². The Morgan fingerprint density at radius 3 is 2.87 bits per heavy atom. The summed E-state index contributed by atoms with van der Waals surface area (Å²) >= 11 is 8.89. The molecule has 1 aliphatic carbocycles. The molecule has 0 amide bonds. The van der Waals surface area contributed by atoms with Crippen molar-refractivity contribution in [2.24, 2.45) is 0 Å². The van der Waals surface area contributed by atoms with Crippen molar-refractivity contribution >= 4 is 33.3 Å². The molecule has 0 spiro atoms. The number of anilines is 1. The molecule has 0 aromatic carbocycles. The third-order valence-corrected chi connectivity index (χ3v) is 2.98. The van der Waals surface area contributed by atoms with Gasteiger partial charge in [0.2, 0.25) is 0 Å². The van der Waals surface area contributed by atoms with Gasteiger partial charge in [0.25, 0.3) is 0 Å². The number of hydrogen-bond acceptors (Lipinski definition) is 2. The molecular weight excluding hydrogens is 282 g/mol. The lowest BCUT2D eigenvalue weighted by Crippen LogP contribution is -2.29. The first-order valence-corrected chi connectivity index (χ1v) is 6.19. The van der Waals surface area contributed by atoms with Crippen LogP contribution in [0.15, 0.2) is 16.7 Å². The molecule has 1 aromatic rings. The highest BCUT2D eigenvalue weighted by molar-refractivity contribution is 9.10. The average Bonchev–Trinajstić information content (AvgIpc) is 2.98. The SMILES string of the molecule is Fc1cc(Br)cnc1N(CCCl)C1CC1. The van der Waals surface area contributed by atoms with Gasteiger partial charge in [0.15, 0.2) is 11.6 Å². The predicted molar refractivity (Wildman–Crippen MR) is 63.0 cm³/mol. The number of pyridine rings is 1. The van der Waals surface area contributed by atoms with E-state index in [-0.39, 0.29) is 5.82 Å². The van der Waals surface area contributed by atoms with Crippen LogP contribution < -0.4 is 4.90 Å². The molecule has 1 fully saturated rings. The van der Waals surface area contributed by atoms with E-state index in [1.807, 2.05) is 4.90 Å². The van der Waals surface area contributed by atoms with E-state index in [1.165, 1.54) is 6.07 Å². The number of rotatable bonds is 4. The zero-order valence-corrected chi connectivity index (χ0v) is 10.4. The highest BCUT2D eigenvalue weighted by atomic mass is 79.9. The van der Waals surface area contributed by atoms with Crippen molar-refractivity contribution in [2.75, 3.05) is 17.3 Å². The zero-order chi connectivity index (χ0) is 10.8. The van der Waals surface area contributed by atoms with Crippen molar-refractivity contribution < 1.29 is 4.39 Å². The van der Waals surface area contributed by atoms with Crippen molar-refractivity contribution in [3.63, 3.8) is 0 Å². The van der Waals surface area contributed by atoms with Crippen molar-refractivity contribution in [1.82, 2.24) is 4.98 Å². The Hall–Kier alpha value is -0.350. The monoisotopic (exact) mass is 292 g/mol. The van der Waals surface area contributed by atoms with E-state index in [2.05, 4.69) is 20.9 Å². The van der Waals surface area contributed by atoms with Gasteiger partial charge in [0.05, 0.1) is 0 Å². The van der Waals surface area contributed by atoms with E-state index in [1.54, 1.807) is 6.20 Å². The number of alkyl halides is 1. The molecule has 5 heteroatoms. The summed E-state index contributed by atoms with van der Waals surface area (Å²) in [6.45, 7) is 0.651. The van der Waals surface area contributed by atoms with E-state index >= 15 is 0 Å². The number of halogens is 3. The summed E-state index contributed by atoms with van der Waals surface area (Å²) in [5.74, 6) is 0.621. The topological polar surface area (TPSA) is 16.1 Å². The maximum atomic E-state index is 13.6. The van der Waals surface area contributed by atoms with Gasteiger partial charge < -0.3 is 4.90 Å². The normalized spacial score (nSPS) is 15.4. The Bertz CT molecular complexity index is 357. The first-order chi connectivity index (χ1) is 7.22. The zero-order valence-electron chi connectivity index (χ0n) is 8.09. The second-order valence-corrected chi connectivity index (χ2v) is 4.87. The lowest BCUT2D eigenvalue weighted by atomic mass is 10.4. The maximum Gasteiger partial charge on any atom is 0.166 e. The predicted octanol–water partition coefficient (Wildman–Crippen LogP) is 3.19. The lowest BCUT2D eigenvalue weighted by Gasteiger charge is -2.22. The highest BCUT2D eigenvalue weighted by Crippen LogP contribution is 2.32. The van der Waals surface area contributed by atoms with E-state index in [4.69, 9.17) is 11.6 Å². The fourth-order valence-corrected chi connectivity index (χ4v) is 2.04. The van der Waals surface area contributed by atoms with Gasteiger partial charge in [0.1, 0.15) is 0 Å². The molecule has 82 valence electrons. The van der Waals surface area contributed by atoms with Gasteiger partial charge in [-0.3, -0.25) is 0 Å².